The Balaban J connectivity index is 1.49. The van der Waals surface area contributed by atoms with Crippen molar-refractivity contribution in [2.75, 3.05) is 19.7 Å². The largest absolute Gasteiger partial charge is 0.490 e. The summed E-state index contributed by atoms with van der Waals surface area (Å²) < 4.78 is 18.8. The molecule has 5 nitrogen and oxygen atoms in total. The van der Waals surface area contributed by atoms with E-state index in [0.717, 1.165) is 25.1 Å². The van der Waals surface area contributed by atoms with Gasteiger partial charge in [0, 0.05) is 30.9 Å². The fourth-order valence-corrected chi connectivity index (χ4v) is 2.92. The van der Waals surface area contributed by atoms with E-state index in [4.69, 9.17) is 4.74 Å². The van der Waals surface area contributed by atoms with Crippen molar-refractivity contribution in [1.82, 2.24) is 15.1 Å². The summed E-state index contributed by atoms with van der Waals surface area (Å²) in [7, 11) is 0. The summed E-state index contributed by atoms with van der Waals surface area (Å²) in [6.45, 7) is 1.65. The Kier molecular flexibility index (Phi) is 4.90. The monoisotopic (exact) mass is 317 g/mol. The van der Waals surface area contributed by atoms with Crippen molar-refractivity contribution in [1.29, 1.82) is 0 Å². The number of carbonyl (C=O) groups excluding carboxylic acids is 1. The van der Waals surface area contributed by atoms with E-state index in [1.807, 2.05) is 11.0 Å². The predicted octanol–water partition coefficient (Wildman–Crippen LogP) is 2.72. The average molecular weight is 317 g/mol. The van der Waals surface area contributed by atoms with E-state index in [0.29, 0.717) is 12.5 Å². The molecule has 122 valence electrons. The van der Waals surface area contributed by atoms with Gasteiger partial charge in [0.1, 0.15) is 0 Å². The van der Waals surface area contributed by atoms with Crippen LogP contribution in [0.3, 0.4) is 0 Å². The third-order valence-electron chi connectivity index (χ3n) is 4.15. The number of rotatable bonds is 5. The number of para-hydroxylation sites is 1. The van der Waals surface area contributed by atoms with E-state index in [1.165, 1.54) is 6.07 Å². The van der Waals surface area contributed by atoms with Gasteiger partial charge in [0.05, 0.1) is 13.0 Å². The summed E-state index contributed by atoms with van der Waals surface area (Å²) in [5.74, 6) is 0.139. The number of ether oxygens (including phenoxy) is 1. The first-order valence-electron chi connectivity index (χ1n) is 7.88. The highest BCUT2D eigenvalue weighted by Crippen LogP contribution is 2.25. The number of piperidine rings is 1. The van der Waals surface area contributed by atoms with Gasteiger partial charge in [0.25, 0.3) is 0 Å². The maximum atomic E-state index is 13.4. The Bertz CT molecular complexity index is 645. The molecular weight excluding hydrogens is 297 g/mol. The number of nitrogens with one attached hydrogen (secondary N) is 1. The molecule has 0 unspecified atom stereocenters. The zero-order valence-corrected chi connectivity index (χ0v) is 12.9. The Morgan fingerprint density at radius 2 is 2.26 bits per heavy atom. The molecule has 6 heteroatoms. The normalized spacial score (nSPS) is 18.0. The lowest BCUT2D eigenvalue weighted by Gasteiger charge is -2.32. The van der Waals surface area contributed by atoms with Gasteiger partial charge in [-0.15, -0.1) is 0 Å². The predicted molar refractivity (Wildman–Crippen MR) is 83.7 cm³/mol. The lowest BCUT2D eigenvalue weighted by Crippen LogP contribution is -2.39. The van der Waals surface area contributed by atoms with Gasteiger partial charge in [-0.25, -0.2) is 4.39 Å². The summed E-state index contributed by atoms with van der Waals surface area (Å²) in [5.41, 5.74) is 1.07. The zero-order valence-electron chi connectivity index (χ0n) is 12.9. The number of aromatic amines is 1. The second-order valence-corrected chi connectivity index (χ2v) is 5.72. The van der Waals surface area contributed by atoms with Crippen LogP contribution >= 0.6 is 0 Å². The van der Waals surface area contributed by atoms with E-state index in [-0.39, 0.29) is 24.7 Å². The van der Waals surface area contributed by atoms with Crippen LogP contribution in [0.15, 0.2) is 36.5 Å². The summed E-state index contributed by atoms with van der Waals surface area (Å²) in [5, 5.41) is 6.96. The van der Waals surface area contributed by atoms with Crippen molar-refractivity contribution in [2.24, 2.45) is 0 Å². The van der Waals surface area contributed by atoms with Crippen LogP contribution in [-0.2, 0) is 4.79 Å². The smallest absolute Gasteiger partial charge is 0.226 e. The summed E-state index contributed by atoms with van der Waals surface area (Å²) in [4.78, 5) is 14.2. The van der Waals surface area contributed by atoms with Crippen LogP contribution in [0.25, 0.3) is 0 Å². The molecule has 1 amide bonds. The molecule has 1 atom stereocenters. The summed E-state index contributed by atoms with van der Waals surface area (Å²) >= 11 is 0. The van der Waals surface area contributed by atoms with Gasteiger partial charge in [-0.3, -0.25) is 9.89 Å². The van der Waals surface area contributed by atoms with Gasteiger partial charge in [-0.05, 0) is 31.0 Å². The third-order valence-corrected chi connectivity index (χ3v) is 4.15. The summed E-state index contributed by atoms with van der Waals surface area (Å²) in [6.07, 6.45) is 4.02. The Morgan fingerprint density at radius 3 is 3.04 bits per heavy atom. The van der Waals surface area contributed by atoms with E-state index in [1.54, 1.807) is 24.4 Å². The molecule has 1 N–H and O–H groups in total. The highest BCUT2D eigenvalue weighted by Gasteiger charge is 2.25. The van der Waals surface area contributed by atoms with E-state index >= 15 is 0 Å². The zero-order chi connectivity index (χ0) is 16.1. The van der Waals surface area contributed by atoms with Gasteiger partial charge in [0.2, 0.25) is 5.91 Å². The van der Waals surface area contributed by atoms with Crippen LogP contribution < -0.4 is 4.74 Å². The molecule has 0 radical (unpaired) electrons. The fourth-order valence-electron chi connectivity index (χ4n) is 2.92. The van der Waals surface area contributed by atoms with Gasteiger partial charge in [-0.1, -0.05) is 12.1 Å². The molecule has 1 aromatic carbocycles. The highest BCUT2D eigenvalue weighted by atomic mass is 19.1. The molecule has 2 heterocycles. The molecule has 2 aromatic rings. The minimum Gasteiger partial charge on any atom is -0.490 e. The van der Waals surface area contributed by atoms with E-state index < -0.39 is 5.82 Å². The average Bonchev–Trinajstić information content (AvgIpc) is 3.11. The highest BCUT2D eigenvalue weighted by molar-refractivity contribution is 5.76. The van der Waals surface area contributed by atoms with Gasteiger partial charge in [-0.2, -0.15) is 5.10 Å². The molecule has 1 aromatic heterocycles. The molecule has 0 bridgehead atoms. The van der Waals surface area contributed by atoms with E-state index in [9.17, 15) is 9.18 Å². The SMILES string of the molecule is O=C(CCOc1ccccc1F)N1CCC[C@H](c2ccn[nH]2)C1. The number of benzene rings is 1. The number of aromatic nitrogens is 2. The minimum absolute atomic E-state index is 0.0468. The molecule has 23 heavy (non-hydrogen) atoms. The maximum Gasteiger partial charge on any atom is 0.226 e. The standard InChI is InChI=1S/C17H20FN3O2/c18-14-5-1-2-6-16(14)23-11-8-17(22)21-10-3-4-13(12-21)15-7-9-19-20-15/h1-2,5-7,9,13H,3-4,8,10-12H2,(H,19,20)/t13-/m0/s1. The van der Waals surface area contributed by atoms with Crippen molar-refractivity contribution in [3.8, 4) is 5.75 Å². The number of carbonyl (C=O) groups is 1. The van der Waals surface area contributed by atoms with Crippen LogP contribution in [0, 0.1) is 5.82 Å². The number of likely N-dealkylation sites (tertiary alicyclic amines) is 1. The first kappa shape index (κ1) is 15.5. The van der Waals surface area contributed by atoms with Crippen molar-refractivity contribution < 1.29 is 13.9 Å². The molecule has 1 aliphatic heterocycles. The van der Waals surface area contributed by atoms with Gasteiger partial charge >= 0.3 is 0 Å². The Hall–Kier alpha value is -2.37. The molecule has 1 saturated heterocycles. The minimum atomic E-state index is -0.405. The van der Waals surface area contributed by atoms with Crippen molar-refractivity contribution in [2.45, 2.75) is 25.2 Å². The van der Waals surface area contributed by atoms with E-state index in [2.05, 4.69) is 10.2 Å². The number of amides is 1. The Morgan fingerprint density at radius 1 is 1.39 bits per heavy atom. The lowest BCUT2D eigenvalue weighted by molar-refractivity contribution is -0.132. The van der Waals surface area contributed by atoms with Crippen LogP contribution in [0.2, 0.25) is 0 Å². The second-order valence-electron chi connectivity index (χ2n) is 5.72. The van der Waals surface area contributed by atoms with Crippen LogP contribution in [0.1, 0.15) is 30.9 Å². The maximum absolute atomic E-state index is 13.4. The van der Waals surface area contributed by atoms with Gasteiger partial charge in [0.15, 0.2) is 11.6 Å². The topological polar surface area (TPSA) is 58.2 Å². The second kappa shape index (κ2) is 7.26. The van der Waals surface area contributed by atoms with Crippen LogP contribution in [0.5, 0.6) is 5.75 Å². The number of halogens is 1. The van der Waals surface area contributed by atoms with Crippen molar-refractivity contribution >= 4 is 5.91 Å². The molecule has 1 fully saturated rings. The van der Waals surface area contributed by atoms with Crippen LogP contribution in [0.4, 0.5) is 4.39 Å². The number of hydrogen-bond donors (Lipinski definition) is 1. The van der Waals surface area contributed by atoms with Crippen LogP contribution in [-0.4, -0.2) is 40.7 Å². The molecule has 3 rings (SSSR count). The number of hydrogen-bond acceptors (Lipinski definition) is 3. The third kappa shape index (κ3) is 3.88. The number of H-pyrrole nitrogens is 1. The first-order chi connectivity index (χ1) is 11.2. The fraction of sp³-hybridized carbons (Fsp3) is 0.412. The Labute approximate surface area is 134 Å². The molecular formula is C17H20FN3O2. The quantitative estimate of drug-likeness (QED) is 0.922. The van der Waals surface area contributed by atoms with Crippen molar-refractivity contribution in [3.63, 3.8) is 0 Å². The number of nitrogens with zero attached hydrogens (tertiary/aromatic N) is 2. The molecule has 0 saturated carbocycles. The van der Waals surface area contributed by atoms with Crippen molar-refractivity contribution in [3.05, 3.63) is 48.0 Å². The molecule has 1 aliphatic rings. The molecule has 0 aliphatic carbocycles. The van der Waals surface area contributed by atoms with Gasteiger partial charge < -0.3 is 9.64 Å². The lowest BCUT2D eigenvalue weighted by atomic mass is 9.95. The summed E-state index contributed by atoms with van der Waals surface area (Å²) in [6, 6.07) is 8.18. The first-order valence-corrected chi connectivity index (χ1v) is 7.88. The molecule has 0 spiro atoms.